The van der Waals surface area contributed by atoms with Gasteiger partial charge in [-0.15, -0.1) is 10.2 Å². The highest BCUT2D eigenvalue weighted by Gasteiger charge is 2.43. The molecule has 2 saturated carbocycles. The van der Waals surface area contributed by atoms with Crippen molar-refractivity contribution in [2.24, 2.45) is 7.05 Å². The first-order valence-electron chi connectivity index (χ1n) is 17.4. The molecule has 9 nitrogen and oxygen atoms in total. The summed E-state index contributed by atoms with van der Waals surface area (Å²) in [5, 5.41) is 15.3. The maximum atomic E-state index is 14.6. The van der Waals surface area contributed by atoms with Crippen LogP contribution in [-0.4, -0.2) is 50.2 Å². The van der Waals surface area contributed by atoms with Gasteiger partial charge in [0, 0.05) is 49.6 Å². The molecule has 2 fully saturated rings. The van der Waals surface area contributed by atoms with Crippen LogP contribution in [0.15, 0.2) is 54.9 Å². The zero-order chi connectivity index (χ0) is 35.3. The Labute approximate surface area is 291 Å². The molecule has 2 N–H and O–H groups in total. The van der Waals surface area contributed by atoms with Crippen LogP contribution < -0.4 is 15.5 Å². The molecule has 0 unspecified atom stereocenters. The molecule has 1 aliphatic heterocycles. The maximum absolute atomic E-state index is 14.6. The molecule has 7 rings (SSSR count). The van der Waals surface area contributed by atoms with Crippen LogP contribution in [0.25, 0.3) is 0 Å². The van der Waals surface area contributed by atoms with Gasteiger partial charge in [0.2, 0.25) is 0 Å². The van der Waals surface area contributed by atoms with Gasteiger partial charge < -0.3 is 20.1 Å². The van der Waals surface area contributed by atoms with Gasteiger partial charge in [-0.25, -0.2) is 4.98 Å². The Kier molecular flexibility index (Phi) is 8.96. The van der Waals surface area contributed by atoms with E-state index in [0.29, 0.717) is 30.2 Å². The summed E-state index contributed by atoms with van der Waals surface area (Å²) in [6.07, 6.45) is 3.66. The van der Waals surface area contributed by atoms with E-state index < -0.39 is 17.6 Å². The predicted octanol–water partition coefficient (Wildman–Crippen LogP) is 6.76. The number of nitrogens with zero attached hydrogens (tertiary/aromatic N) is 6. The second-order valence-electron chi connectivity index (χ2n) is 15.0. The smallest absolute Gasteiger partial charge is 0.366 e. The van der Waals surface area contributed by atoms with Gasteiger partial charge >= 0.3 is 6.18 Å². The van der Waals surface area contributed by atoms with Gasteiger partial charge in [0.05, 0.1) is 12.1 Å². The van der Waals surface area contributed by atoms with Gasteiger partial charge in [-0.05, 0) is 105 Å². The summed E-state index contributed by atoms with van der Waals surface area (Å²) in [6, 6.07) is 15.1. The van der Waals surface area contributed by atoms with Crippen molar-refractivity contribution in [3.8, 4) is 0 Å². The van der Waals surface area contributed by atoms with Crippen LogP contribution in [0.1, 0.15) is 95.0 Å². The van der Waals surface area contributed by atoms with Crippen molar-refractivity contribution < 1.29 is 18.0 Å². The average molecular weight is 687 g/mol. The maximum Gasteiger partial charge on any atom is 0.416 e. The Balaban J connectivity index is 1.24. The van der Waals surface area contributed by atoms with Gasteiger partial charge in [-0.1, -0.05) is 30.7 Å². The lowest BCUT2D eigenvalue weighted by Crippen LogP contribution is -2.47. The number of alkyl halides is 3. The van der Waals surface area contributed by atoms with Crippen LogP contribution >= 0.6 is 0 Å². The van der Waals surface area contributed by atoms with E-state index in [9.17, 15) is 18.0 Å². The topological polar surface area (TPSA) is 91.2 Å². The minimum Gasteiger partial charge on any atom is -0.366 e. The van der Waals surface area contributed by atoms with Crippen molar-refractivity contribution >= 4 is 17.5 Å². The van der Waals surface area contributed by atoms with Crippen LogP contribution in [-0.2, 0) is 51.2 Å². The van der Waals surface area contributed by atoms with E-state index in [4.69, 9.17) is 4.98 Å². The van der Waals surface area contributed by atoms with Crippen molar-refractivity contribution in [1.29, 1.82) is 0 Å². The molecule has 50 heavy (non-hydrogen) atoms. The lowest BCUT2D eigenvalue weighted by Gasteiger charge is -2.42. The number of carbonyl (C=O) groups excluding carboxylic acids is 1. The van der Waals surface area contributed by atoms with Crippen LogP contribution in [0.3, 0.4) is 0 Å². The largest absolute Gasteiger partial charge is 0.416 e. The second-order valence-corrected chi connectivity index (χ2v) is 15.0. The fourth-order valence-electron chi connectivity index (χ4n) is 7.60. The molecule has 0 spiro atoms. The molecule has 2 aromatic carbocycles. The number of amides is 1. The summed E-state index contributed by atoms with van der Waals surface area (Å²) >= 11 is 0. The SMILES string of the molecule is CN(C)Cc1cccc(CNc2cc(C3(Cc4nncn4C)CCC3)cc(N3Cc4c(cc(CNC5(C)CCC5)cc4C(F)(F)F)C3=O)n2)c1. The standard InChI is InChI=1S/C38H45F3N8O/c1-36(10-6-11-36)43-21-27-15-29-30(31(16-27)38(39,40)41)23-49(35(29)50)33-18-28(37(12-7-13-37)19-34-46-44-24-48(34)4)17-32(45-33)42-20-25-8-5-9-26(14-25)22-47(2)3/h5,8-9,14-18,24,43H,6-7,10-13,19-23H2,1-4H3,(H,42,45). The molecular weight excluding hydrogens is 641 g/mol. The first-order chi connectivity index (χ1) is 23.8. The molecule has 0 bridgehead atoms. The number of pyridine rings is 1. The van der Waals surface area contributed by atoms with Crippen molar-refractivity contribution in [2.45, 2.75) is 95.2 Å². The van der Waals surface area contributed by atoms with Crippen molar-refractivity contribution in [2.75, 3.05) is 24.3 Å². The molecule has 2 aromatic heterocycles. The predicted molar refractivity (Wildman–Crippen MR) is 187 cm³/mol. The Bertz CT molecular complexity index is 1890. The molecule has 264 valence electrons. The minimum absolute atomic E-state index is 0.00188. The van der Waals surface area contributed by atoms with E-state index in [1.54, 1.807) is 12.4 Å². The number of fused-ring (bicyclic) bond motifs is 1. The molecule has 0 atom stereocenters. The van der Waals surface area contributed by atoms with Crippen LogP contribution in [0.2, 0.25) is 0 Å². The number of nitrogens with one attached hydrogen (secondary N) is 2. The lowest BCUT2D eigenvalue weighted by molar-refractivity contribution is -0.138. The molecule has 12 heteroatoms. The highest BCUT2D eigenvalue weighted by Crippen LogP contribution is 2.48. The number of halogens is 3. The highest BCUT2D eigenvalue weighted by atomic mass is 19.4. The summed E-state index contributed by atoms with van der Waals surface area (Å²) < 4.78 is 45.6. The van der Waals surface area contributed by atoms with E-state index in [-0.39, 0.29) is 35.2 Å². The quantitative estimate of drug-likeness (QED) is 0.170. The van der Waals surface area contributed by atoms with Crippen molar-refractivity contribution in [1.82, 2.24) is 30.0 Å². The van der Waals surface area contributed by atoms with E-state index in [1.165, 1.54) is 16.5 Å². The molecule has 3 heterocycles. The normalized spacial score (nSPS) is 17.8. The number of aromatic nitrogens is 4. The monoisotopic (exact) mass is 686 g/mol. The van der Waals surface area contributed by atoms with E-state index in [0.717, 1.165) is 62.0 Å². The average Bonchev–Trinajstić information content (AvgIpc) is 3.60. The van der Waals surface area contributed by atoms with Crippen LogP contribution in [0, 0.1) is 0 Å². The van der Waals surface area contributed by atoms with E-state index in [1.807, 2.05) is 43.9 Å². The third-order valence-corrected chi connectivity index (χ3v) is 10.9. The summed E-state index contributed by atoms with van der Waals surface area (Å²) in [7, 11) is 5.98. The number of anilines is 2. The lowest BCUT2D eigenvalue weighted by atomic mass is 9.62. The van der Waals surface area contributed by atoms with Gasteiger partial charge in [0.15, 0.2) is 0 Å². The molecular formula is C38H45F3N8O. The zero-order valence-corrected chi connectivity index (χ0v) is 29.2. The Morgan fingerprint density at radius 1 is 0.960 bits per heavy atom. The molecule has 0 saturated heterocycles. The summed E-state index contributed by atoms with van der Waals surface area (Å²) in [4.78, 5) is 22.5. The van der Waals surface area contributed by atoms with Crippen molar-refractivity contribution in [3.05, 3.63) is 99.6 Å². The summed E-state index contributed by atoms with van der Waals surface area (Å²) in [6.45, 7) is 3.46. The van der Waals surface area contributed by atoms with Gasteiger partial charge in [-0.2, -0.15) is 13.2 Å². The van der Waals surface area contributed by atoms with Crippen LogP contribution in [0.5, 0.6) is 0 Å². The molecule has 0 radical (unpaired) electrons. The number of hydrogen-bond acceptors (Lipinski definition) is 7. The number of rotatable bonds is 12. The van der Waals surface area contributed by atoms with Gasteiger partial charge in [0.1, 0.15) is 23.8 Å². The number of aryl methyl sites for hydroxylation is 1. The second kappa shape index (κ2) is 13.1. The van der Waals surface area contributed by atoms with E-state index in [2.05, 4.69) is 50.9 Å². The Morgan fingerprint density at radius 2 is 1.72 bits per heavy atom. The molecule has 4 aromatic rings. The first kappa shape index (κ1) is 34.2. The van der Waals surface area contributed by atoms with Gasteiger partial charge in [-0.3, -0.25) is 9.69 Å². The molecule has 2 aliphatic carbocycles. The summed E-state index contributed by atoms with van der Waals surface area (Å²) in [5.41, 5.74) is 2.69. The van der Waals surface area contributed by atoms with Crippen molar-refractivity contribution in [3.63, 3.8) is 0 Å². The van der Waals surface area contributed by atoms with Gasteiger partial charge in [0.25, 0.3) is 5.91 Å². The fourth-order valence-corrected chi connectivity index (χ4v) is 7.60. The van der Waals surface area contributed by atoms with E-state index >= 15 is 0 Å². The Morgan fingerprint density at radius 3 is 2.36 bits per heavy atom. The fraction of sp³-hybridized carbons (Fsp3) is 0.474. The first-order valence-corrected chi connectivity index (χ1v) is 17.4. The minimum atomic E-state index is -4.61. The zero-order valence-electron chi connectivity index (χ0n) is 29.2. The summed E-state index contributed by atoms with van der Waals surface area (Å²) in [5.74, 6) is 1.29. The molecule has 3 aliphatic rings. The third kappa shape index (κ3) is 6.87. The highest BCUT2D eigenvalue weighted by molar-refractivity contribution is 6.10. The van der Waals surface area contributed by atoms with Crippen LogP contribution in [0.4, 0.5) is 24.8 Å². The number of hydrogen-bond donors (Lipinski definition) is 2. The molecule has 1 amide bonds. The number of carbonyl (C=O) groups is 1. The Hall–Kier alpha value is -4.29. The number of benzene rings is 2. The third-order valence-electron chi connectivity index (χ3n) is 10.9.